The number of nitrogens with two attached hydrogens (primary N) is 2. The maximum Gasteiger partial charge on any atom is 4.00 e. The molecule has 0 atom stereocenters. The monoisotopic (exact) mass is 1020 g/mol. The van der Waals surface area contributed by atoms with Gasteiger partial charge in [0.05, 0.1) is 22.7 Å². The van der Waals surface area contributed by atoms with Crippen molar-refractivity contribution in [2.45, 2.75) is 0 Å². The molecule has 61 heavy (non-hydrogen) atoms. The smallest absolute Gasteiger partial charge is 0.693 e. The Bertz CT molecular complexity index is 2330. The van der Waals surface area contributed by atoms with Gasteiger partial charge in [-0.15, -0.1) is 0 Å². The van der Waals surface area contributed by atoms with E-state index in [2.05, 4.69) is 41.9 Å². The molecule has 0 aliphatic carbocycles. The predicted molar refractivity (Wildman–Crippen MR) is 224 cm³/mol. The van der Waals surface area contributed by atoms with Crippen LogP contribution in [0.2, 0.25) is 0 Å². The molecule has 6 rings (SSSR count). The van der Waals surface area contributed by atoms with Crippen LogP contribution in [0.3, 0.4) is 0 Å². The average Bonchev–Trinajstić information content (AvgIpc) is 4.02. The molecule has 0 saturated heterocycles. The summed E-state index contributed by atoms with van der Waals surface area (Å²) < 4.78 is 9.47. The van der Waals surface area contributed by atoms with Crippen LogP contribution in [0.15, 0.2) is 73.8 Å². The fourth-order valence-corrected chi connectivity index (χ4v) is 5.71. The third-order valence-electron chi connectivity index (χ3n) is 8.53. The summed E-state index contributed by atoms with van der Waals surface area (Å²) in [5, 5.41) is 15.6. The second-order valence-electron chi connectivity index (χ2n) is 12.8. The molecular formula is C36H46N18O6Pt. The molecule has 0 aliphatic rings. The minimum Gasteiger partial charge on any atom is -0.693 e. The van der Waals surface area contributed by atoms with Gasteiger partial charge in [-0.3, -0.25) is 28.8 Å². The number of rotatable bonds is 12. The summed E-state index contributed by atoms with van der Waals surface area (Å²) in [4.78, 5) is 81.6. The molecule has 0 saturated carbocycles. The van der Waals surface area contributed by atoms with Crippen molar-refractivity contribution in [2.75, 3.05) is 34.6 Å². The van der Waals surface area contributed by atoms with Gasteiger partial charge in [0.15, 0.2) is 11.6 Å². The Balaban J connectivity index is 0.000000400. The van der Waals surface area contributed by atoms with Crippen molar-refractivity contribution < 1.29 is 49.8 Å². The zero-order valence-electron chi connectivity index (χ0n) is 33.8. The van der Waals surface area contributed by atoms with Crippen molar-refractivity contribution >= 4 is 58.2 Å². The van der Waals surface area contributed by atoms with Crippen LogP contribution in [0.4, 0.5) is 22.7 Å². The molecule has 326 valence electrons. The van der Waals surface area contributed by atoms with Crippen molar-refractivity contribution in [1.29, 1.82) is 0 Å². The van der Waals surface area contributed by atoms with Gasteiger partial charge in [0.25, 0.3) is 35.4 Å². The van der Waals surface area contributed by atoms with E-state index in [4.69, 9.17) is 11.5 Å². The Labute approximate surface area is 363 Å². The Morgan fingerprint density at radius 1 is 0.459 bits per heavy atom. The van der Waals surface area contributed by atoms with E-state index in [0.29, 0.717) is 45.5 Å². The van der Waals surface area contributed by atoms with E-state index in [1.54, 1.807) is 119 Å². The van der Waals surface area contributed by atoms with Gasteiger partial charge in [0, 0.05) is 91.9 Å². The maximum absolute atomic E-state index is 12.6. The fourth-order valence-electron chi connectivity index (χ4n) is 5.71. The van der Waals surface area contributed by atoms with Crippen LogP contribution in [-0.4, -0.2) is 86.2 Å². The van der Waals surface area contributed by atoms with Crippen LogP contribution in [0.5, 0.6) is 0 Å². The zero-order chi connectivity index (χ0) is 42.3. The van der Waals surface area contributed by atoms with Gasteiger partial charge < -0.3 is 83.1 Å². The van der Waals surface area contributed by atoms with E-state index < -0.39 is 23.6 Å². The van der Waals surface area contributed by atoms with Crippen molar-refractivity contribution in [2.24, 2.45) is 42.3 Å². The molecular weight excluding hydrogens is 976 g/mol. The summed E-state index contributed by atoms with van der Waals surface area (Å²) >= 11 is 0. The second-order valence-corrected chi connectivity index (χ2v) is 12.8. The van der Waals surface area contributed by atoms with Gasteiger partial charge in [-0.25, -0.2) is 9.97 Å². The summed E-state index contributed by atoms with van der Waals surface area (Å²) in [6.07, 6.45) is 12.8. The fraction of sp³-hybridized carbons (Fsp3) is 0.222. The van der Waals surface area contributed by atoms with Gasteiger partial charge in [-0.2, -0.15) is 0 Å². The molecule has 0 aliphatic heterocycles. The number of carbonyl (C=O) groups excluding carboxylic acids is 6. The second kappa shape index (κ2) is 21.8. The number of amides is 6. The van der Waals surface area contributed by atoms with Crippen LogP contribution in [-0.2, 0) is 63.4 Å². The van der Waals surface area contributed by atoms with Crippen molar-refractivity contribution in [1.82, 2.24) is 48.0 Å². The summed E-state index contributed by atoms with van der Waals surface area (Å²) in [7, 11) is 10.1. The van der Waals surface area contributed by atoms with Crippen molar-refractivity contribution in [3.63, 3.8) is 0 Å². The quantitative estimate of drug-likeness (QED) is 0.103. The molecule has 6 heterocycles. The summed E-state index contributed by atoms with van der Waals surface area (Å²) in [6.45, 7) is -0.469. The standard InChI is InChI=1S/2C18H21N8O3.2H2N.Pt/c2*1-24-5-4-20-15(24)18(29)23-12-7-14(26(3)9-12)17(28)22-11-6-13(25(2)8-11)16(27)21-10-19;;;/h2*4-9,19H,10H2,1-3H3,(H,21,27)(H,22,28)(H,23,29);2*1H2;/q4*-1;+4. The number of imidazole rings is 2. The SMILES string of the molecule is Cn1cc(NC(=O)c2cc(NC(=O)c3nccn3C)cn2C)cc1C(=O)NC[NH-].Cn1cc(NC(=O)c2cc(NC(=O)c3nccn3C)cn2C)cc1C(=O)NC[NH-].[NH2-].[NH2-].[Pt+4]. The van der Waals surface area contributed by atoms with Crippen LogP contribution in [0.1, 0.15) is 63.2 Å². The first-order valence-electron chi connectivity index (χ1n) is 17.3. The molecule has 0 bridgehead atoms. The van der Waals surface area contributed by atoms with Gasteiger partial charge in [-0.05, 0) is 24.3 Å². The number of aromatic nitrogens is 8. The molecule has 0 radical (unpaired) electrons. The molecule has 6 aromatic rings. The molecule has 0 aromatic carbocycles. The molecule has 6 amide bonds. The van der Waals surface area contributed by atoms with E-state index in [1.807, 2.05) is 0 Å². The third-order valence-corrected chi connectivity index (χ3v) is 8.53. The van der Waals surface area contributed by atoms with Gasteiger partial charge in [0.2, 0.25) is 0 Å². The Kier molecular flexibility index (Phi) is 17.9. The first-order chi connectivity index (χ1) is 27.6. The van der Waals surface area contributed by atoms with E-state index in [9.17, 15) is 28.8 Å². The first kappa shape index (κ1) is 50.0. The number of aryl methyl sites for hydroxylation is 6. The van der Waals surface area contributed by atoms with E-state index in [-0.39, 0.29) is 70.2 Å². The number of anilines is 4. The topological polar surface area (TPSA) is 345 Å². The van der Waals surface area contributed by atoms with Gasteiger partial charge in [0.1, 0.15) is 22.8 Å². The molecule has 0 spiro atoms. The first-order valence-corrected chi connectivity index (χ1v) is 17.3. The van der Waals surface area contributed by atoms with E-state index >= 15 is 0 Å². The minimum atomic E-state index is -0.402. The summed E-state index contributed by atoms with van der Waals surface area (Å²) in [6, 6.07) is 6.14. The normalized spacial score (nSPS) is 10.1. The molecule has 6 aromatic heterocycles. The molecule has 12 N–H and O–H groups in total. The number of nitrogens with zero attached hydrogens (tertiary/aromatic N) is 8. The Morgan fingerprint density at radius 3 is 0.967 bits per heavy atom. The predicted octanol–water partition coefficient (Wildman–Crippen LogP) is 4.11. The summed E-state index contributed by atoms with van der Waals surface area (Å²) in [5.74, 6) is -1.87. The Hall–Kier alpha value is -7.11. The number of carbonyl (C=O) groups is 6. The average molecular weight is 1020 g/mol. The van der Waals surface area contributed by atoms with Gasteiger partial charge in [-0.1, -0.05) is 13.3 Å². The molecule has 24 nitrogen and oxygen atoms in total. The van der Waals surface area contributed by atoms with Crippen LogP contribution < -0.4 is 31.9 Å². The molecule has 25 heteroatoms. The number of hydrogen-bond acceptors (Lipinski definition) is 8. The number of hydrogen-bond donors (Lipinski definition) is 6. The van der Waals surface area contributed by atoms with Crippen LogP contribution in [0.25, 0.3) is 23.8 Å². The van der Waals surface area contributed by atoms with E-state index in [0.717, 1.165) is 0 Å². The van der Waals surface area contributed by atoms with Crippen molar-refractivity contribution in [3.05, 3.63) is 132 Å². The third kappa shape index (κ3) is 12.0. The largest absolute Gasteiger partial charge is 4.00 e. The summed E-state index contributed by atoms with van der Waals surface area (Å²) in [5.41, 5.74) is 17.2. The van der Waals surface area contributed by atoms with Crippen molar-refractivity contribution in [3.8, 4) is 0 Å². The van der Waals surface area contributed by atoms with Crippen LogP contribution in [0, 0.1) is 0 Å². The van der Waals surface area contributed by atoms with E-state index in [1.165, 1.54) is 24.5 Å². The molecule has 0 fully saturated rings. The Morgan fingerprint density at radius 2 is 0.721 bits per heavy atom. The molecule has 0 unspecified atom stereocenters. The zero-order valence-corrected chi connectivity index (χ0v) is 36.1. The van der Waals surface area contributed by atoms with Crippen LogP contribution >= 0.6 is 0 Å². The van der Waals surface area contributed by atoms with Gasteiger partial charge >= 0.3 is 21.1 Å². The number of nitrogens with one attached hydrogen (secondary N) is 8. The minimum absolute atomic E-state index is 0. The maximum atomic E-state index is 12.6.